The Morgan fingerprint density at radius 2 is 1.89 bits per heavy atom. The SMILES string of the molecule is Cc1cc(Oc2cccc(C(F)(F)F)n2)ccc1N. The standard InChI is InChI=1S/C13H11F3N2O/c1-8-7-9(5-6-10(8)17)19-12-4-2-3-11(18-12)13(14,15)16/h2-7H,17H2,1H3. The molecule has 0 saturated carbocycles. The van der Waals surface area contributed by atoms with Crippen LogP contribution in [0.4, 0.5) is 18.9 Å². The Labute approximate surface area is 107 Å². The first kappa shape index (κ1) is 13.2. The fraction of sp³-hybridized carbons (Fsp3) is 0.154. The summed E-state index contributed by atoms with van der Waals surface area (Å²) in [6, 6.07) is 8.33. The van der Waals surface area contributed by atoms with Crippen molar-refractivity contribution >= 4 is 5.69 Å². The van der Waals surface area contributed by atoms with Gasteiger partial charge in [-0.25, -0.2) is 4.98 Å². The van der Waals surface area contributed by atoms with Gasteiger partial charge in [0.05, 0.1) is 0 Å². The van der Waals surface area contributed by atoms with Gasteiger partial charge in [0.2, 0.25) is 5.88 Å². The molecule has 1 aromatic carbocycles. The van der Waals surface area contributed by atoms with E-state index in [0.717, 1.165) is 11.6 Å². The normalized spacial score (nSPS) is 11.4. The summed E-state index contributed by atoms with van der Waals surface area (Å²) in [5.74, 6) is 0.275. The lowest BCUT2D eigenvalue weighted by Gasteiger charge is -2.09. The summed E-state index contributed by atoms with van der Waals surface area (Å²) in [7, 11) is 0. The second-order valence-corrected chi connectivity index (χ2v) is 3.98. The van der Waals surface area contributed by atoms with Crippen molar-refractivity contribution < 1.29 is 17.9 Å². The van der Waals surface area contributed by atoms with Crippen molar-refractivity contribution in [1.82, 2.24) is 4.98 Å². The third kappa shape index (κ3) is 3.15. The van der Waals surface area contributed by atoms with Gasteiger partial charge in [0, 0.05) is 11.8 Å². The number of hydrogen-bond donors (Lipinski definition) is 1. The number of halogens is 3. The summed E-state index contributed by atoms with van der Waals surface area (Å²) in [5, 5.41) is 0. The predicted molar refractivity (Wildman–Crippen MR) is 64.9 cm³/mol. The average Bonchev–Trinajstić information content (AvgIpc) is 2.33. The first-order valence-corrected chi connectivity index (χ1v) is 5.44. The summed E-state index contributed by atoms with van der Waals surface area (Å²) >= 11 is 0. The van der Waals surface area contributed by atoms with Crippen molar-refractivity contribution in [1.29, 1.82) is 0 Å². The molecule has 2 N–H and O–H groups in total. The highest BCUT2D eigenvalue weighted by atomic mass is 19.4. The monoisotopic (exact) mass is 268 g/mol. The number of nitrogen functional groups attached to an aromatic ring is 1. The molecular weight excluding hydrogens is 257 g/mol. The molecule has 19 heavy (non-hydrogen) atoms. The fourth-order valence-corrected chi connectivity index (χ4v) is 1.46. The van der Waals surface area contributed by atoms with E-state index < -0.39 is 11.9 Å². The first-order valence-electron chi connectivity index (χ1n) is 5.44. The summed E-state index contributed by atoms with van der Waals surface area (Å²) in [6.07, 6.45) is -4.49. The van der Waals surface area contributed by atoms with Gasteiger partial charge < -0.3 is 10.5 Å². The third-order valence-electron chi connectivity index (χ3n) is 2.48. The molecule has 0 saturated heterocycles. The molecule has 0 bridgehead atoms. The number of aromatic nitrogens is 1. The number of aryl methyl sites for hydroxylation is 1. The third-order valence-corrected chi connectivity index (χ3v) is 2.48. The Bertz CT molecular complexity index is 597. The molecular formula is C13H11F3N2O. The molecule has 0 fully saturated rings. The molecule has 0 unspecified atom stereocenters. The lowest BCUT2D eigenvalue weighted by Crippen LogP contribution is -2.07. The van der Waals surface area contributed by atoms with Gasteiger partial charge in [-0.1, -0.05) is 6.07 Å². The van der Waals surface area contributed by atoms with Crippen molar-refractivity contribution in [2.24, 2.45) is 0 Å². The summed E-state index contributed by atoms with van der Waals surface area (Å²) in [5.41, 5.74) is 6.02. The second kappa shape index (κ2) is 4.79. The molecule has 0 atom stereocenters. The predicted octanol–water partition coefficient (Wildman–Crippen LogP) is 3.78. The van der Waals surface area contributed by atoms with Crippen molar-refractivity contribution in [2.75, 3.05) is 5.73 Å². The van der Waals surface area contributed by atoms with E-state index in [9.17, 15) is 13.2 Å². The van der Waals surface area contributed by atoms with Crippen LogP contribution in [0.5, 0.6) is 11.6 Å². The summed E-state index contributed by atoms with van der Waals surface area (Å²) in [4.78, 5) is 3.41. The largest absolute Gasteiger partial charge is 0.439 e. The van der Waals surface area contributed by atoms with Crippen LogP contribution in [0.15, 0.2) is 36.4 Å². The Hall–Kier alpha value is -2.24. The Morgan fingerprint density at radius 3 is 2.53 bits per heavy atom. The number of ether oxygens (including phenoxy) is 1. The zero-order chi connectivity index (χ0) is 14.0. The van der Waals surface area contributed by atoms with Gasteiger partial charge in [-0.3, -0.25) is 0 Å². The summed E-state index contributed by atoms with van der Waals surface area (Å²) in [6.45, 7) is 1.78. The topological polar surface area (TPSA) is 48.1 Å². The van der Waals surface area contributed by atoms with Crippen LogP contribution in [0.1, 0.15) is 11.3 Å². The van der Waals surface area contributed by atoms with Gasteiger partial charge in [-0.05, 0) is 36.8 Å². The van der Waals surface area contributed by atoms with Crippen molar-refractivity contribution in [3.05, 3.63) is 47.7 Å². The van der Waals surface area contributed by atoms with Crippen molar-refractivity contribution in [3.8, 4) is 11.6 Å². The zero-order valence-corrected chi connectivity index (χ0v) is 10.0. The van der Waals surface area contributed by atoms with Crippen LogP contribution in [-0.2, 0) is 6.18 Å². The van der Waals surface area contributed by atoms with Crippen LogP contribution in [-0.4, -0.2) is 4.98 Å². The molecule has 0 amide bonds. The van der Waals surface area contributed by atoms with Gasteiger partial charge >= 0.3 is 6.18 Å². The van der Waals surface area contributed by atoms with Gasteiger partial charge in [-0.15, -0.1) is 0 Å². The molecule has 1 heterocycles. The molecule has 0 aliphatic heterocycles. The highest BCUT2D eigenvalue weighted by molar-refractivity contribution is 5.50. The number of rotatable bonds is 2. The van der Waals surface area contributed by atoms with Crippen LogP contribution in [0.25, 0.3) is 0 Å². The Kier molecular flexibility index (Phi) is 3.33. The van der Waals surface area contributed by atoms with E-state index in [2.05, 4.69) is 4.98 Å². The number of benzene rings is 1. The second-order valence-electron chi connectivity index (χ2n) is 3.98. The number of alkyl halides is 3. The highest BCUT2D eigenvalue weighted by Crippen LogP contribution is 2.30. The lowest BCUT2D eigenvalue weighted by molar-refractivity contribution is -0.141. The van der Waals surface area contributed by atoms with E-state index in [1.165, 1.54) is 12.1 Å². The number of nitrogens with zero attached hydrogens (tertiary/aromatic N) is 1. The number of hydrogen-bond acceptors (Lipinski definition) is 3. The molecule has 2 aromatic rings. The number of nitrogens with two attached hydrogens (primary N) is 1. The van der Waals surface area contributed by atoms with Crippen LogP contribution < -0.4 is 10.5 Å². The Balaban J connectivity index is 2.26. The average molecular weight is 268 g/mol. The molecule has 1 aromatic heterocycles. The van der Waals surface area contributed by atoms with E-state index in [4.69, 9.17) is 10.5 Å². The van der Waals surface area contributed by atoms with Gasteiger partial charge in [-0.2, -0.15) is 13.2 Å². The minimum atomic E-state index is -4.49. The smallest absolute Gasteiger partial charge is 0.433 e. The quantitative estimate of drug-likeness (QED) is 0.843. The van der Waals surface area contributed by atoms with E-state index in [-0.39, 0.29) is 5.88 Å². The van der Waals surface area contributed by atoms with Crippen LogP contribution in [0.3, 0.4) is 0 Å². The first-order chi connectivity index (χ1) is 8.86. The van der Waals surface area contributed by atoms with Gasteiger partial charge in [0.1, 0.15) is 11.4 Å². The van der Waals surface area contributed by atoms with Crippen molar-refractivity contribution in [2.45, 2.75) is 13.1 Å². The maximum Gasteiger partial charge on any atom is 0.433 e. The van der Waals surface area contributed by atoms with Gasteiger partial charge in [0.15, 0.2) is 0 Å². The minimum absolute atomic E-state index is 0.112. The molecule has 0 spiro atoms. The molecule has 2 rings (SSSR count). The van der Waals surface area contributed by atoms with Crippen LogP contribution in [0.2, 0.25) is 0 Å². The fourth-order valence-electron chi connectivity index (χ4n) is 1.46. The molecule has 100 valence electrons. The van der Waals surface area contributed by atoms with E-state index in [0.29, 0.717) is 11.4 Å². The maximum atomic E-state index is 12.5. The van der Waals surface area contributed by atoms with Crippen LogP contribution in [0, 0.1) is 6.92 Å². The highest BCUT2D eigenvalue weighted by Gasteiger charge is 2.32. The number of pyridine rings is 1. The zero-order valence-electron chi connectivity index (χ0n) is 10.0. The van der Waals surface area contributed by atoms with Crippen molar-refractivity contribution in [3.63, 3.8) is 0 Å². The summed E-state index contributed by atoms with van der Waals surface area (Å²) < 4.78 is 42.8. The van der Waals surface area contributed by atoms with E-state index in [1.54, 1.807) is 25.1 Å². The molecule has 0 aliphatic carbocycles. The number of anilines is 1. The van der Waals surface area contributed by atoms with Gasteiger partial charge in [0.25, 0.3) is 0 Å². The molecule has 0 radical (unpaired) electrons. The molecule has 3 nitrogen and oxygen atoms in total. The lowest BCUT2D eigenvalue weighted by atomic mass is 10.2. The molecule has 6 heteroatoms. The van der Waals surface area contributed by atoms with Crippen LogP contribution >= 0.6 is 0 Å². The minimum Gasteiger partial charge on any atom is -0.439 e. The molecule has 0 aliphatic rings. The van der Waals surface area contributed by atoms with E-state index >= 15 is 0 Å². The van der Waals surface area contributed by atoms with E-state index in [1.807, 2.05) is 0 Å². The maximum absolute atomic E-state index is 12.5. The Morgan fingerprint density at radius 1 is 1.16 bits per heavy atom.